The lowest BCUT2D eigenvalue weighted by Gasteiger charge is -1.96. The van der Waals surface area contributed by atoms with Crippen LogP contribution in [0.1, 0.15) is 47.3 Å². The number of nitrogens with one attached hydrogen (secondary N) is 1. The zero-order valence-electron chi connectivity index (χ0n) is 10.9. The molecule has 1 N–H and O–H groups in total. The molecule has 0 saturated heterocycles. The number of rotatable bonds is 7. The van der Waals surface area contributed by atoms with E-state index >= 15 is 0 Å². The SMILES string of the molecule is CCCCCCc1nnc(NC(=O)c2cccs2)s1. The molecule has 0 spiro atoms. The Morgan fingerprint density at radius 3 is 2.95 bits per heavy atom. The first-order valence-electron chi connectivity index (χ1n) is 6.47. The van der Waals surface area contributed by atoms with Crippen molar-refractivity contribution < 1.29 is 4.79 Å². The van der Waals surface area contributed by atoms with Crippen LogP contribution in [0.15, 0.2) is 17.5 Å². The molecule has 19 heavy (non-hydrogen) atoms. The molecule has 2 aromatic heterocycles. The number of thiophene rings is 1. The van der Waals surface area contributed by atoms with Gasteiger partial charge in [-0.25, -0.2) is 0 Å². The van der Waals surface area contributed by atoms with Crippen LogP contribution in [-0.2, 0) is 6.42 Å². The number of anilines is 1. The van der Waals surface area contributed by atoms with Crippen LogP contribution in [0.3, 0.4) is 0 Å². The van der Waals surface area contributed by atoms with E-state index in [1.807, 2.05) is 11.4 Å². The van der Waals surface area contributed by atoms with Gasteiger partial charge in [-0.3, -0.25) is 10.1 Å². The zero-order valence-corrected chi connectivity index (χ0v) is 12.5. The molecule has 6 heteroatoms. The molecule has 4 nitrogen and oxygen atoms in total. The molecule has 2 aromatic rings. The van der Waals surface area contributed by atoms with Crippen molar-refractivity contribution in [1.29, 1.82) is 0 Å². The summed E-state index contributed by atoms with van der Waals surface area (Å²) in [4.78, 5) is 12.5. The van der Waals surface area contributed by atoms with E-state index in [2.05, 4.69) is 22.4 Å². The monoisotopic (exact) mass is 295 g/mol. The van der Waals surface area contributed by atoms with Gasteiger partial charge in [-0.15, -0.1) is 21.5 Å². The predicted molar refractivity (Wildman–Crippen MR) is 80.0 cm³/mol. The second-order valence-electron chi connectivity index (χ2n) is 4.24. The van der Waals surface area contributed by atoms with E-state index in [1.165, 1.54) is 41.9 Å². The van der Waals surface area contributed by atoms with E-state index in [0.29, 0.717) is 10.0 Å². The number of aromatic nitrogens is 2. The van der Waals surface area contributed by atoms with Crippen molar-refractivity contribution in [2.45, 2.75) is 39.0 Å². The van der Waals surface area contributed by atoms with Gasteiger partial charge < -0.3 is 0 Å². The van der Waals surface area contributed by atoms with Gasteiger partial charge in [0.2, 0.25) is 5.13 Å². The highest BCUT2D eigenvalue weighted by Crippen LogP contribution is 2.19. The Morgan fingerprint density at radius 2 is 2.21 bits per heavy atom. The Morgan fingerprint density at radius 1 is 1.32 bits per heavy atom. The number of hydrogen-bond acceptors (Lipinski definition) is 5. The average Bonchev–Trinajstić information content (AvgIpc) is 3.06. The molecule has 2 rings (SSSR count). The molecular weight excluding hydrogens is 278 g/mol. The summed E-state index contributed by atoms with van der Waals surface area (Å²) in [6.07, 6.45) is 5.82. The number of carbonyl (C=O) groups is 1. The van der Waals surface area contributed by atoms with Crippen molar-refractivity contribution in [1.82, 2.24) is 10.2 Å². The van der Waals surface area contributed by atoms with E-state index in [0.717, 1.165) is 17.8 Å². The van der Waals surface area contributed by atoms with Crippen molar-refractivity contribution >= 4 is 33.7 Å². The second-order valence-corrected chi connectivity index (χ2v) is 6.25. The highest BCUT2D eigenvalue weighted by atomic mass is 32.1. The first kappa shape index (κ1) is 14.1. The maximum Gasteiger partial charge on any atom is 0.267 e. The van der Waals surface area contributed by atoms with Gasteiger partial charge in [-0.2, -0.15) is 0 Å². The zero-order chi connectivity index (χ0) is 13.5. The lowest BCUT2D eigenvalue weighted by molar-refractivity contribution is 0.103. The molecule has 0 aromatic carbocycles. The van der Waals surface area contributed by atoms with Gasteiger partial charge in [0.1, 0.15) is 5.01 Å². The molecule has 0 atom stereocenters. The second kappa shape index (κ2) is 7.35. The Kier molecular flexibility index (Phi) is 5.47. The first-order valence-corrected chi connectivity index (χ1v) is 8.16. The largest absolute Gasteiger partial charge is 0.296 e. The topological polar surface area (TPSA) is 54.9 Å². The minimum absolute atomic E-state index is 0.108. The third kappa shape index (κ3) is 4.40. The lowest BCUT2D eigenvalue weighted by Crippen LogP contribution is -2.09. The van der Waals surface area contributed by atoms with Gasteiger partial charge in [0, 0.05) is 6.42 Å². The molecule has 2 heterocycles. The number of aryl methyl sites for hydroxylation is 1. The van der Waals surface area contributed by atoms with Crippen LogP contribution in [-0.4, -0.2) is 16.1 Å². The fourth-order valence-corrected chi connectivity index (χ4v) is 3.07. The number of nitrogens with zero attached hydrogens (tertiary/aromatic N) is 2. The highest BCUT2D eigenvalue weighted by Gasteiger charge is 2.10. The molecule has 0 fully saturated rings. The molecule has 0 radical (unpaired) electrons. The van der Waals surface area contributed by atoms with Crippen molar-refractivity contribution in [2.75, 3.05) is 5.32 Å². The molecule has 102 valence electrons. The molecule has 0 saturated carbocycles. The Bertz CT molecular complexity index is 508. The van der Waals surface area contributed by atoms with Crippen LogP contribution in [0.4, 0.5) is 5.13 Å². The maximum atomic E-state index is 11.8. The molecule has 0 aliphatic heterocycles. The summed E-state index contributed by atoms with van der Waals surface area (Å²) < 4.78 is 0. The third-order valence-corrected chi connectivity index (χ3v) is 4.44. The molecule has 0 bridgehead atoms. The van der Waals surface area contributed by atoms with Crippen LogP contribution < -0.4 is 5.32 Å². The molecule has 0 aliphatic rings. The summed E-state index contributed by atoms with van der Waals surface area (Å²) in [7, 11) is 0. The van der Waals surface area contributed by atoms with E-state index in [9.17, 15) is 4.79 Å². The smallest absolute Gasteiger partial charge is 0.267 e. The fourth-order valence-electron chi connectivity index (χ4n) is 1.67. The van der Waals surface area contributed by atoms with Gasteiger partial charge in [-0.1, -0.05) is 43.6 Å². The van der Waals surface area contributed by atoms with Crippen LogP contribution in [0.5, 0.6) is 0 Å². The van der Waals surface area contributed by atoms with Crippen LogP contribution in [0.2, 0.25) is 0 Å². The van der Waals surface area contributed by atoms with Gasteiger partial charge in [-0.05, 0) is 17.9 Å². The Labute approximate surface area is 120 Å². The van der Waals surface area contributed by atoms with E-state index in [1.54, 1.807) is 6.07 Å². The third-order valence-electron chi connectivity index (χ3n) is 2.68. The van der Waals surface area contributed by atoms with E-state index in [-0.39, 0.29) is 5.91 Å². The normalized spacial score (nSPS) is 10.6. The number of hydrogen-bond donors (Lipinski definition) is 1. The summed E-state index contributed by atoms with van der Waals surface area (Å²) in [6.45, 7) is 2.20. The molecule has 0 aliphatic carbocycles. The minimum atomic E-state index is -0.108. The van der Waals surface area contributed by atoms with Crippen molar-refractivity contribution in [2.24, 2.45) is 0 Å². The van der Waals surface area contributed by atoms with Gasteiger partial charge in [0.05, 0.1) is 4.88 Å². The average molecular weight is 295 g/mol. The Hall–Kier alpha value is -1.27. The molecule has 1 amide bonds. The first-order chi connectivity index (χ1) is 9.29. The number of amides is 1. The highest BCUT2D eigenvalue weighted by molar-refractivity contribution is 7.15. The summed E-state index contributed by atoms with van der Waals surface area (Å²) >= 11 is 2.89. The number of carbonyl (C=O) groups excluding carboxylic acids is 1. The predicted octanol–water partition coefficient (Wildman–Crippen LogP) is 3.97. The Balaban J connectivity index is 1.82. The van der Waals surface area contributed by atoms with Crippen LogP contribution in [0, 0.1) is 0 Å². The summed E-state index contributed by atoms with van der Waals surface area (Å²) in [6, 6.07) is 3.66. The van der Waals surface area contributed by atoms with Gasteiger partial charge in [0.25, 0.3) is 5.91 Å². The van der Waals surface area contributed by atoms with Crippen molar-refractivity contribution in [3.8, 4) is 0 Å². The maximum absolute atomic E-state index is 11.8. The fraction of sp³-hybridized carbons (Fsp3) is 0.462. The van der Waals surface area contributed by atoms with Crippen molar-refractivity contribution in [3.63, 3.8) is 0 Å². The quantitative estimate of drug-likeness (QED) is 0.786. The van der Waals surface area contributed by atoms with E-state index < -0.39 is 0 Å². The van der Waals surface area contributed by atoms with Crippen LogP contribution in [0.25, 0.3) is 0 Å². The molecule has 0 unspecified atom stereocenters. The standard InChI is InChI=1S/C13H17N3OS2/c1-2-3-4-5-8-11-15-16-13(19-11)14-12(17)10-7-6-9-18-10/h6-7,9H,2-5,8H2,1H3,(H,14,16,17). The van der Waals surface area contributed by atoms with Gasteiger partial charge in [0.15, 0.2) is 0 Å². The summed E-state index contributed by atoms with van der Waals surface area (Å²) in [5.41, 5.74) is 0. The summed E-state index contributed by atoms with van der Waals surface area (Å²) in [5, 5.41) is 14.4. The van der Waals surface area contributed by atoms with Crippen molar-refractivity contribution in [3.05, 3.63) is 27.4 Å². The van der Waals surface area contributed by atoms with Gasteiger partial charge >= 0.3 is 0 Å². The number of unbranched alkanes of at least 4 members (excludes halogenated alkanes) is 3. The minimum Gasteiger partial charge on any atom is -0.296 e. The summed E-state index contributed by atoms with van der Waals surface area (Å²) in [5.74, 6) is -0.108. The molecular formula is C13H17N3OS2. The lowest BCUT2D eigenvalue weighted by atomic mass is 10.2. The van der Waals surface area contributed by atoms with Crippen LogP contribution >= 0.6 is 22.7 Å². The van der Waals surface area contributed by atoms with E-state index in [4.69, 9.17) is 0 Å².